The van der Waals surface area contributed by atoms with Crippen molar-refractivity contribution in [3.63, 3.8) is 0 Å². The average Bonchev–Trinajstić information content (AvgIpc) is 3.49. The van der Waals surface area contributed by atoms with Crippen LogP contribution >= 0.6 is 0 Å². The maximum absolute atomic E-state index is 13.4. The molecule has 5 rings (SSSR count). The smallest absolute Gasteiger partial charge is 0.253 e. The molecule has 1 aliphatic carbocycles. The van der Waals surface area contributed by atoms with Crippen molar-refractivity contribution in [2.24, 2.45) is 5.92 Å². The highest BCUT2D eigenvalue weighted by Crippen LogP contribution is 2.29. The van der Waals surface area contributed by atoms with E-state index in [1.54, 1.807) is 0 Å². The lowest BCUT2D eigenvalue weighted by molar-refractivity contribution is 0.0430. The third kappa shape index (κ3) is 4.92. The van der Waals surface area contributed by atoms with Crippen LogP contribution in [0.4, 0.5) is 0 Å². The molecule has 1 amide bonds. The molecule has 2 saturated heterocycles. The van der Waals surface area contributed by atoms with E-state index in [9.17, 15) is 4.79 Å². The van der Waals surface area contributed by atoms with Crippen LogP contribution in [0.3, 0.4) is 0 Å². The Morgan fingerprint density at radius 1 is 0.969 bits per heavy atom. The third-order valence-electron chi connectivity index (χ3n) is 7.71. The fourth-order valence-electron chi connectivity index (χ4n) is 5.76. The summed E-state index contributed by atoms with van der Waals surface area (Å²) in [6.07, 6.45) is 7.11. The zero-order valence-electron chi connectivity index (χ0n) is 19.3. The molecule has 0 aromatic heterocycles. The quantitative estimate of drug-likeness (QED) is 0.674. The zero-order chi connectivity index (χ0) is 21.9. The van der Waals surface area contributed by atoms with Gasteiger partial charge in [-0.2, -0.15) is 0 Å². The summed E-state index contributed by atoms with van der Waals surface area (Å²) in [6, 6.07) is 17.6. The molecule has 32 heavy (non-hydrogen) atoms. The van der Waals surface area contributed by atoms with Crippen LogP contribution in [-0.4, -0.2) is 60.6 Å². The van der Waals surface area contributed by atoms with Gasteiger partial charge in [-0.05, 0) is 87.7 Å². The Labute approximate surface area is 192 Å². The summed E-state index contributed by atoms with van der Waals surface area (Å²) < 4.78 is 5.89. The predicted octanol–water partition coefficient (Wildman–Crippen LogP) is 4.50. The molecule has 2 aromatic carbocycles. The molecule has 2 aromatic rings. The molecular weight excluding hydrogens is 396 g/mol. The molecule has 2 fully saturated rings. The van der Waals surface area contributed by atoms with Crippen LogP contribution in [0.5, 0.6) is 0 Å². The lowest BCUT2D eigenvalue weighted by Crippen LogP contribution is -2.46. The summed E-state index contributed by atoms with van der Waals surface area (Å²) in [5.41, 5.74) is 5.06. The Balaban J connectivity index is 1.19. The maximum atomic E-state index is 13.4. The van der Waals surface area contributed by atoms with Gasteiger partial charge in [-0.25, -0.2) is 0 Å². The summed E-state index contributed by atoms with van der Waals surface area (Å²) in [7, 11) is 0. The number of carbonyl (C=O) groups is 1. The van der Waals surface area contributed by atoms with E-state index in [-0.39, 0.29) is 12.0 Å². The Bertz CT molecular complexity index is 886. The van der Waals surface area contributed by atoms with Gasteiger partial charge in [0.15, 0.2) is 0 Å². The fraction of sp³-hybridized carbons (Fsp3) is 0.536. The Morgan fingerprint density at radius 2 is 1.66 bits per heavy atom. The number of benzene rings is 2. The van der Waals surface area contributed by atoms with Crippen molar-refractivity contribution in [1.82, 2.24) is 9.80 Å². The van der Waals surface area contributed by atoms with Gasteiger partial charge in [-0.3, -0.25) is 9.69 Å². The highest BCUT2D eigenvalue weighted by molar-refractivity contribution is 5.94. The number of aryl methyl sites for hydroxylation is 1. The maximum Gasteiger partial charge on any atom is 0.253 e. The molecule has 3 aliphatic rings. The van der Waals surface area contributed by atoms with E-state index < -0.39 is 0 Å². The highest BCUT2D eigenvalue weighted by atomic mass is 16.5. The second-order valence-electron chi connectivity index (χ2n) is 10.0. The van der Waals surface area contributed by atoms with Gasteiger partial charge in [-0.1, -0.05) is 42.0 Å². The van der Waals surface area contributed by atoms with Gasteiger partial charge in [0.2, 0.25) is 0 Å². The lowest BCUT2D eigenvalue weighted by atomic mass is 9.94. The molecule has 0 N–H and O–H groups in total. The van der Waals surface area contributed by atoms with Crippen molar-refractivity contribution in [1.29, 1.82) is 0 Å². The summed E-state index contributed by atoms with van der Waals surface area (Å²) >= 11 is 0. The lowest BCUT2D eigenvalue weighted by Gasteiger charge is -2.38. The molecular formula is C28H36N2O2. The summed E-state index contributed by atoms with van der Waals surface area (Å²) in [4.78, 5) is 18.2. The van der Waals surface area contributed by atoms with Crippen molar-refractivity contribution in [3.05, 3.63) is 70.8 Å². The first-order valence-electron chi connectivity index (χ1n) is 12.4. The van der Waals surface area contributed by atoms with Crippen LogP contribution in [0.25, 0.3) is 0 Å². The SMILES string of the molecule is Cc1ccc(C(=O)N(CC2CCN(C3Cc4ccccc4C3)CC2)CC2CCCO2)cc1. The van der Waals surface area contributed by atoms with Crippen LogP contribution in [0.1, 0.15) is 52.7 Å². The number of fused-ring (bicyclic) bond motifs is 1. The van der Waals surface area contributed by atoms with Gasteiger partial charge in [0.25, 0.3) is 5.91 Å². The largest absolute Gasteiger partial charge is 0.376 e. The highest BCUT2D eigenvalue weighted by Gasteiger charge is 2.32. The van der Waals surface area contributed by atoms with E-state index in [0.29, 0.717) is 12.0 Å². The van der Waals surface area contributed by atoms with Crippen molar-refractivity contribution < 1.29 is 9.53 Å². The third-order valence-corrected chi connectivity index (χ3v) is 7.71. The molecule has 1 unspecified atom stereocenters. The van der Waals surface area contributed by atoms with Crippen LogP contribution in [0.2, 0.25) is 0 Å². The zero-order valence-corrected chi connectivity index (χ0v) is 19.3. The molecule has 0 bridgehead atoms. The van der Waals surface area contributed by atoms with E-state index in [1.165, 1.54) is 42.4 Å². The normalized spacial score (nSPS) is 22.2. The van der Waals surface area contributed by atoms with Crippen LogP contribution < -0.4 is 0 Å². The first-order chi connectivity index (χ1) is 15.7. The Hall–Kier alpha value is -2.17. The van der Waals surface area contributed by atoms with Gasteiger partial charge in [-0.15, -0.1) is 0 Å². The first kappa shape index (κ1) is 21.7. The molecule has 0 spiro atoms. The van der Waals surface area contributed by atoms with Crippen molar-refractivity contribution in [3.8, 4) is 0 Å². The summed E-state index contributed by atoms with van der Waals surface area (Å²) in [6.45, 7) is 6.77. The van der Waals surface area contributed by atoms with Gasteiger partial charge < -0.3 is 9.64 Å². The standard InChI is InChI=1S/C28H36N2O2/c1-21-8-10-23(11-9-21)28(31)30(20-27-7-4-16-32-27)19-22-12-14-29(15-13-22)26-17-24-5-2-3-6-25(24)18-26/h2-3,5-6,8-11,22,26-27H,4,7,12-20H2,1H3. The van der Waals surface area contributed by atoms with Crippen LogP contribution in [0.15, 0.2) is 48.5 Å². The number of hydrogen-bond acceptors (Lipinski definition) is 3. The number of hydrogen-bond donors (Lipinski definition) is 0. The minimum atomic E-state index is 0.161. The van der Waals surface area contributed by atoms with E-state index in [4.69, 9.17) is 4.74 Å². The number of nitrogens with zero attached hydrogens (tertiary/aromatic N) is 2. The second kappa shape index (κ2) is 9.76. The monoisotopic (exact) mass is 432 g/mol. The summed E-state index contributed by atoms with van der Waals surface area (Å²) in [5, 5.41) is 0. The average molecular weight is 433 g/mol. The number of piperidine rings is 1. The van der Waals surface area contributed by atoms with Crippen molar-refractivity contribution >= 4 is 5.91 Å². The first-order valence-corrected chi connectivity index (χ1v) is 12.4. The number of rotatable bonds is 6. The predicted molar refractivity (Wildman–Crippen MR) is 128 cm³/mol. The number of ether oxygens (including phenoxy) is 1. The number of amides is 1. The molecule has 170 valence electrons. The van der Waals surface area contributed by atoms with E-state index in [2.05, 4.69) is 41.0 Å². The van der Waals surface area contributed by atoms with Crippen LogP contribution in [-0.2, 0) is 17.6 Å². The van der Waals surface area contributed by atoms with Crippen molar-refractivity contribution in [2.75, 3.05) is 32.8 Å². The fourth-order valence-corrected chi connectivity index (χ4v) is 5.76. The molecule has 2 aliphatic heterocycles. The molecule has 4 heteroatoms. The van der Waals surface area contributed by atoms with Crippen LogP contribution in [0, 0.1) is 12.8 Å². The molecule has 0 radical (unpaired) electrons. The number of carbonyl (C=O) groups excluding carboxylic acids is 1. The molecule has 1 atom stereocenters. The molecule has 2 heterocycles. The Kier molecular flexibility index (Phi) is 6.61. The number of likely N-dealkylation sites (tertiary alicyclic amines) is 1. The second-order valence-corrected chi connectivity index (χ2v) is 10.0. The van der Waals surface area contributed by atoms with Gasteiger partial charge in [0.05, 0.1) is 6.10 Å². The molecule has 0 saturated carbocycles. The summed E-state index contributed by atoms with van der Waals surface area (Å²) in [5.74, 6) is 0.736. The van der Waals surface area contributed by atoms with Gasteiger partial charge in [0.1, 0.15) is 0 Å². The van der Waals surface area contributed by atoms with E-state index in [0.717, 1.165) is 51.2 Å². The Morgan fingerprint density at radius 3 is 2.28 bits per heavy atom. The minimum absolute atomic E-state index is 0.161. The molecule has 4 nitrogen and oxygen atoms in total. The van der Waals surface area contributed by atoms with Crippen molar-refractivity contribution in [2.45, 2.75) is 57.6 Å². The van der Waals surface area contributed by atoms with E-state index in [1.807, 2.05) is 24.3 Å². The minimum Gasteiger partial charge on any atom is -0.376 e. The van der Waals surface area contributed by atoms with E-state index >= 15 is 0 Å². The van der Waals surface area contributed by atoms with Gasteiger partial charge >= 0.3 is 0 Å². The topological polar surface area (TPSA) is 32.8 Å². The van der Waals surface area contributed by atoms with Gasteiger partial charge in [0, 0.05) is 31.3 Å².